The maximum atomic E-state index is 7.67. The third kappa shape index (κ3) is 6.54. The van der Waals surface area contributed by atoms with Crippen molar-refractivity contribution in [3.8, 4) is 11.1 Å². The van der Waals surface area contributed by atoms with E-state index in [9.17, 15) is 0 Å². The van der Waals surface area contributed by atoms with Crippen molar-refractivity contribution in [3.63, 3.8) is 0 Å². The summed E-state index contributed by atoms with van der Waals surface area (Å²) in [6.45, 7) is 28.9. The van der Waals surface area contributed by atoms with Crippen LogP contribution in [0.2, 0.25) is 0 Å². The molecule has 14 rings (SSSR count). The van der Waals surface area contributed by atoms with Crippen LogP contribution in [0.5, 0.6) is 0 Å². The maximum Gasteiger partial charge on any atom is 0.297 e. The minimum Gasteiger partial charge on any atom is -0.468 e. The van der Waals surface area contributed by atoms with Gasteiger partial charge in [0.05, 0.1) is 17.0 Å². The molecule has 0 N–H and O–H groups in total. The lowest BCUT2D eigenvalue weighted by Crippen LogP contribution is -2.72. The highest BCUT2D eigenvalue weighted by Gasteiger charge is 2.53. The van der Waals surface area contributed by atoms with Crippen LogP contribution in [-0.2, 0) is 27.1 Å². The van der Waals surface area contributed by atoms with E-state index in [1.807, 2.05) is 0 Å². The molecule has 76 heavy (non-hydrogen) atoms. The highest BCUT2D eigenvalue weighted by Crippen LogP contribution is 2.54. The average Bonchev–Trinajstić information content (AvgIpc) is 3.94. The average molecular weight is 1010 g/mol. The lowest BCUT2D eigenvalue weighted by molar-refractivity contribution is 0.332. The molecule has 0 fully saturated rings. The van der Waals surface area contributed by atoms with E-state index >= 15 is 0 Å². The molecule has 4 heterocycles. The van der Waals surface area contributed by atoms with Crippen molar-refractivity contribution in [2.45, 2.75) is 136 Å². The van der Waals surface area contributed by atoms with Crippen LogP contribution >= 0.6 is 0 Å². The zero-order valence-corrected chi connectivity index (χ0v) is 47.8. The van der Waals surface area contributed by atoms with Crippen LogP contribution in [0, 0.1) is 6.92 Å². The van der Waals surface area contributed by atoms with Crippen LogP contribution in [0.3, 0.4) is 0 Å². The van der Waals surface area contributed by atoms with Gasteiger partial charge in [-0.15, -0.1) is 0 Å². The molecule has 1 aromatic heterocycles. The molecule has 0 spiro atoms. The van der Waals surface area contributed by atoms with Crippen LogP contribution in [-0.4, -0.2) is 14.8 Å². The summed E-state index contributed by atoms with van der Waals surface area (Å²) in [4.78, 5) is 5.36. The fourth-order valence-electron chi connectivity index (χ4n) is 15.0. The Labute approximate surface area is 453 Å². The van der Waals surface area contributed by atoms with Crippen LogP contribution < -0.4 is 47.1 Å². The van der Waals surface area contributed by atoms with Gasteiger partial charge in [0, 0.05) is 33.7 Å². The van der Waals surface area contributed by atoms with Gasteiger partial charge in [-0.25, -0.2) is 0 Å². The molecule has 5 aliphatic rings. The number of aryl methyl sites for hydroxylation is 1. The molecule has 5 heteroatoms. The van der Waals surface area contributed by atoms with Gasteiger partial charge in [0.2, 0.25) is 0 Å². The van der Waals surface area contributed by atoms with Crippen LogP contribution in [0.1, 0.15) is 135 Å². The SMILES string of the molecule is Cc1cc2c3c(c1)N(c1cccc4c1-c1ccccc1[Si]4(c1ccccc1)c1ccccc1)c1c(oc4ccc(C(C)(C)C)cc14)B3c1cc3c(cc1N2c1ccc2c(c1)C(C)(C)CCC2(C)C)C(C)(C)CCC3(C)C. The molecule has 0 atom stereocenters. The van der Waals surface area contributed by atoms with Crippen LogP contribution in [0.4, 0.5) is 34.1 Å². The smallest absolute Gasteiger partial charge is 0.297 e. The van der Waals surface area contributed by atoms with Crippen molar-refractivity contribution in [1.82, 2.24) is 0 Å². The first kappa shape index (κ1) is 47.6. The van der Waals surface area contributed by atoms with Crippen molar-refractivity contribution in [1.29, 1.82) is 0 Å². The third-order valence-corrected chi connectivity index (χ3v) is 24.3. The molecule has 0 saturated carbocycles. The van der Waals surface area contributed by atoms with Gasteiger partial charge in [0.15, 0.2) is 8.07 Å². The second kappa shape index (κ2) is 15.9. The molecular weight excluding hydrogens is 936 g/mol. The first-order valence-electron chi connectivity index (χ1n) is 28.2. The Kier molecular flexibility index (Phi) is 9.95. The molecular formula is C71H71BN2OSi. The van der Waals surface area contributed by atoms with Gasteiger partial charge in [-0.3, -0.25) is 0 Å². The molecule has 9 aromatic rings. The third-order valence-electron chi connectivity index (χ3n) is 19.4. The number of hydrogen-bond donors (Lipinski definition) is 0. The predicted octanol–water partition coefficient (Wildman–Crippen LogP) is 14.2. The molecule has 3 nitrogen and oxygen atoms in total. The summed E-state index contributed by atoms with van der Waals surface area (Å²) in [5, 5.41) is 6.84. The van der Waals surface area contributed by atoms with Crippen LogP contribution in [0.15, 0.2) is 168 Å². The Morgan fingerprint density at radius 2 is 1.07 bits per heavy atom. The van der Waals surface area contributed by atoms with E-state index in [2.05, 4.69) is 257 Å². The summed E-state index contributed by atoms with van der Waals surface area (Å²) < 4.78 is 7.67. The molecule has 3 aliphatic heterocycles. The Balaban J connectivity index is 1.12. The number of hydrogen-bond acceptors (Lipinski definition) is 3. The second-order valence-electron chi connectivity index (χ2n) is 27.0. The lowest BCUT2D eigenvalue weighted by atomic mass is 9.35. The molecule has 2 aliphatic carbocycles. The van der Waals surface area contributed by atoms with E-state index in [1.165, 1.54) is 111 Å². The Morgan fingerprint density at radius 1 is 0.500 bits per heavy atom. The Hall–Kier alpha value is -6.82. The first-order chi connectivity index (χ1) is 36.2. The first-order valence-corrected chi connectivity index (χ1v) is 30.2. The van der Waals surface area contributed by atoms with Gasteiger partial charge in [-0.2, -0.15) is 0 Å². The van der Waals surface area contributed by atoms with Gasteiger partial charge in [0.1, 0.15) is 5.58 Å². The van der Waals surface area contributed by atoms with Gasteiger partial charge in [0.25, 0.3) is 6.71 Å². The highest BCUT2D eigenvalue weighted by molar-refractivity contribution is 7.22. The quantitative estimate of drug-likeness (QED) is 0.164. The van der Waals surface area contributed by atoms with Crippen molar-refractivity contribution >= 4 is 97.2 Å². The molecule has 0 radical (unpaired) electrons. The van der Waals surface area contributed by atoms with Crippen LogP contribution in [0.25, 0.3) is 22.1 Å². The maximum absolute atomic E-state index is 7.67. The Morgan fingerprint density at radius 3 is 1.71 bits per heavy atom. The van der Waals surface area contributed by atoms with E-state index in [4.69, 9.17) is 4.42 Å². The van der Waals surface area contributed by atoms with E-state index in [1.54, 1.807) is 0 Å². The summed E-state index contributed by atoms with van der Waals surface area (Å²) in [6.07, 6.45) is 4.65. The number of benzene rings is 8. The van der Waals surface area contributed by atoms with E-state index in [0.29, 0.717) is 0 Å². The number of fused-ring (bicyclic) bond motifs is 11. The van der Waals surface area contributed by atoms with Gasteiger partial charge >= 0.3 is 0 Å². The topological polar surface area (TPSA) is 19.6 Å². The minimum absolute atomic E-state index is 0.00736. The van der Waals surface area contributed by atoms with E-state index in [0.717, 1.165) is 41.6 Å². The van der Waals surface area contributed by atoms with Gasteiger partial charge in [-0.1, -0.05) is 191 Å². The number of anilines is 6. The van der Waals surface area contributed by atoms with E-state index in [-0.39, 0.29) is 33.8 Å². The fraction of sp³-hybridized carbons (Fsp3) is 0.296. The molecule has 8 aromatic carbocycles. The largest absolute Gasteiger partial charge is 0.468 e. The zero-order valence-electron chi connectivity index (χ0n) is 46.8. The summed E-state index contributed by atoms with van der Waals surface area (Å²) in [6, 6.07) is 64.4. The predicted molar refractivity (Wildman–Crippen MR) is 327 cm³/mol. The van der Waals surface area contributed by atoms with Crippen molar-refractivity contribution in [3.05, 3.63) is 197 Å². The number of rotatable bonds is 4. The molecule has 0 unspecified atom stereocenters. The summed E-state index contributed by atoms with van der Waals surface area (Å²) in [7, 11) is -2.84. The lowest BCUT2D eigenvalue weighted by Gasteiger charge is -2.47. The summed E-state index contributed by atoms with van der Waals surface area (Å²) in [5.41, 5.74) is 23.1. The number of furan rings is 1. The van der Waals surface area contributed by atoms with Crippen molar-refractivity contribution < 1.29 is 4.42 Å². The second-order valence-corrected chi connectivity index (χ2v) is 30.8. The minimum atomic E-state index is -2.84. The molecule has 378 valence electrons. The van der Waals surface area contributed by atoms with Gasteiger partial charge in [-0.05, 0) is 179 Å². The van der Waals surface area contributed by atoms with Crippen molar-refractivity contribution in [2.75, 3.05) is 9.80 Å². The Bertz CT molecular complexity index is 3870. The normalized spacial score (nSPS) is 18.5. The standard InChI is InChI=1S/C71H71BN2OSi/c1-44-38-58-64-59(39-44)74(56-27-21-29-62-63(56)49-26-19-20-28-61(49)76(62,47-22-15-13-16-23-47)48-24-17-14-18-25-48)65-50-40-45(67(2,3)4)30-33-60(50)75-66(65)72(64)55-42-53-54(71(11,12)37-36-70(53,9)10)43-57(55)73(58)46-31-32-51-52(41-46)69(7,8)35-34-68(51,5)6/h13-33,38-43H,34-37H2,1-12H3. The molecule has 0 amide bonds. The molecule has 0 saturated heterocycles. The number of nitrogens with zero attached hydrogens (tertiary/aromatic N) is 2. The summed E-state index contributed by atoms with van der Waals surface area (Å²) in [5.74, 6) is 0. The van der Waals surface area contributed by atoms with Crippen molar-refractivity contribution in [2.24, 2.45) is 0 Å². The zero-order chi connectivity index (χ0) is 52.6. The molecule has 0 bridgehead atoms. The highest BCUT2D eigenvalue weighted by atomic mass is 28.3. The monoisotopic (exact) mass is 1010 g/mol. The van der Waals surface area contributed by atoms with E-state index < -0.39 is 8.07 Å². The fourth-order valence-corrected chi connectivity index (χ4v) is 20.2. The summed E-state index contributed by atoms with van der Waals surface area (Å²) >= 11 is 0. The van der Waals surface area contributed by atoms with Gasteiger partial charge < -0.3 is 14.2 Å².